The van der Waals surface area contributed by atoms with Gasteiger partial charge in [0.1, 0.15) is 5.82 Å². The predicted octanol–water partition coefficient (Wildman–Crippen LogP) is 4.81. The quantitative estimate of drug-likeness (QED) is 0.783. The van der Waals surface area contributed by atoms with Gasteiger partial charge in [-0.15, -0.1) is 11.8 Å². The minimum Gasteiger partial charge on any atom is -0.345 e. The van der Waals surface area contributed by atoms with E-state index in [1.165, 1.54) is 24.3 Å². The number of amides is 1. The van der Waals surface area contributed by atoms with Crippen molar-refractivity contribution < 1.29 is 22.4 Å². The average Bonchev–Trinajstić information content (AvgIpc) is 2.55. The molecule has 0 aliphatic carbocycles. The molecule has 2 nitrogen and oxygen atoms in total. The lowest BCUT2D eigenvalue weighted by Gasteiger charge is -2.26. The lowest BCUT2D eigenvalue weighted by Crippen LogP contribution is -2.31. The highest BCUT2D eigenvalue weighted by Gasteiger charge is 2.31. The van der Waals surface area contributed by atoms with E-state index in [9.17, 15) is 22.4 Å². The highest BCUT2D eigenvalue weighted by molar-refractivity contribution is 7.99. The van der Waals surface area contributed by atoms with Crippen LogP contribution in [-0.4, -0.2) is 11.7 Å². The molecule has 0 aromatic heterocycles. The Morgan fingerprint density at radius 2 is 1.96 bits per heavy atom. The molecule has 2 aromatic carbocycles. The lowest BCUT2D eigenvalue weighted by molar-refractivity contribution is -0.137. The van der Waals surface area contributed by atoms with E-state index in [2.05, 4.69) is 5.32 Å². The van der Waals surface area contributed by atoms with Crippen LogP contribution in [0.5, 0.6) is 0 Å². The molecule has 2 aromatic rings. The van der Waals surface area contributed by atoms with Crippen LogP contribution >= 0.6 is 11.8 Å². The summed E-state index contributed by atoms with van der Waals surface area (Å²) in [4.78, 5) is 13.2. The average molecular weight is 355 g/mol. The molecule has 7 heteroatoms. The van der Waals surface area contributed by atoms with E-state index in [0.717, 1.165) is 22.8 Å². The molecule has 126 valence electrons. The van der Waals surface area contributed by atoms with Crippen molar-refractivity contribution in [2.24, 2.45) is 0 Å². The maximum Gasteiger partial charge on any atom is 0.416 e. The van der Waals surface area contributed by atoms with Gasteiger partial charge in [0.05, 0.1) is 11.6 Å². The number of halogens is 4. The van der Waals surface area contributed by atoms with Gasteiger partial charge in [-0.25, -0.2) is 4.39 Å². The van der Waals surface area contributed by atoms with Crippen LogP contribution < -0.4 is 5.32 Å². The number of fused-ring (bicyclic) bond motifs is 1. The molecule has 0 saturated heterocycles. The first-order valence-electron chi connectivity index (χ1n) is 7.25. The van der Waals surface area contributed by atoms with Gasteiger partial charge in [-0.3, -0.25) is 4.79 Å². The number of nitrogens with one attached hydrogen (secondary N) is 1. The molecule has 1 heterocycles. The molecule has 1 amide bonds. The van der Waals surface area contributed by atoms with Crippen LogP contribution in [0.3, 0.4) is 0 Å². The van der Waals surface area contributed by atoms with E-state index >= 15 is 0 Å². The Kier molecular flexibility index (Phi) is 4.54. The van der Waals surface area contributed by atoms with Crippen molar-refractivity contribution in [2.75, 3.05) is 5.75 Å². The van der Waals surface area contributed by atoms with Crippen LogP contribution in [-0.2, 0) is 6.18 Å². The third-order valence-corrected chi connectivity index (χ3v) is 4.89. The Balaban J connectivity index is 1.83. The van der Waals surface area contributed by atoms with Crippen molar-refractivity contribution in [1.29, 1.82) is 0 Å². The lowest BCUT2D eigenvalue weighted by atomic mass is 10.0. The second-order valence-electron chi connectivity index (χ2n) is 5.42. The first kappa shape index (κ1) is 16.8. The third kappa shape index (κ3) is 3.56. The second-order valence-corrected chi connectivity index (χ2v) is 6.56. The maximum atomic E-state index is 13.5. The molecule has 1 atom stereocenters. The maximum absolute atomic E-state index is 13.5. The predicted molar refractivity (Wildman–Crippen MR) is 83.4 cm³/mol. The summed E-state index contributed by atoms with van der Waals surface area (Å²) >= 11 is 1.56. The number of rotatable bonds is 2. The fourth-order valence-electron chi connectivity index (χ4n) is 2.59. The molecule has 1 aliphatic heterocycles. The molecular formula is C17H13F4NOS. The molecule has 1 aliphatic rings. The Hall–Kier alpha value is -2.02. The smallest absolute Gasteiger partial charge is 0.345 e. The van der Waals surface area contributed by atoms with Gasteiger partial charge in [-0.05, 0) is 48.4 Å². The largest absolute Gasteiger partial charge is 0.416 e. The molecule has 0 saturated carbocycles. The van der Waals surface area contributed by atoms with Gasteiger partial charge in [-0.1, -0.05) is 6.07 Å². The fourth-order valence-corrected chi connectivity index (χ4v) is 3.70. The first-order chi connectivity index (χ1) is 11.3. The Bertz CT molecular complexity index is 775. The SMILES string of the molecule is O=C(NC1CCSc2ccc(F)cc21)c1cccc(C(F)(F)F)c1. The van der Waals surface area contributed by atoms with Crippen LogP contribution in [0.2, 0.25) is 0 Å². The van der Waals surface area contributed by atoms with E-state index in [0.29, 0.717) is 12.0 Å². The molecule has 3 rings (SSSR count). The van der Waals surface area contributed by atoms with Gasteiger partial charge >= 0.3 is 6.18 Å². The van der Waals surface area contributed by atoms with Gasteiger partial charge in [0, 0.05) is 16.2 Å². The number of thioether (sulfide) groups is 1. The molecular weight excluding hydrogens is 342 g/mol. The Labute approximate surface area is 140 Å². The zero-order valence-corrected chi connectivity index (χ0v) is 13.2. The molecule has 1 unspecified atom stereocenters. The molecule has 24 heavy (non-hydrogen) atoms. The van der Waals surface area contributed by atoms with Crippen LogP contribution in [0.15, 0.2) is 47.4 Å². The van der Waals surface area contributed by atoms with Crippen molar-refractivity contribution in [3.8, 4) is 0 Å². The standard InChI is InChI=1S/C17H13F4NOS/c18-12-4-5-15-13(9-12)14(6-7-24-15)22-16(23)10-2-1-3-11(8-10)17(19,20)21/h1-5,8-9,14H,6-7H2,(H,22,23). The van der Waals surface area contributed by atoms with Crippen LogP contribution in [0.4, 0.5) is 17.6 Å². The van der Waals surface area contributed by atoms with E-state index in [1.54, 1.807) is 17.8 Å². The van der Waals surface area contributed by atoms with Crippen molar-refractivity contribution in [3.63, 3.8) is 0 Å². The molecule has 0 radical (unpaired) electrons. The van der Waals surface area contributed by atoms with Gasteiger partial charge in [0.15, 0.2) is 0 Å². The minimum atomic E-state index is -4.51. The van der Waals surface area contributed by atoms with Gasteiger partial charge < -0.3 is 5.32 Å². The number of hydrogen-bond donors (Lipinski definition) is 1. The fraction of sp³-hybridized carbons (Fsp3) is 0.235. The third-order valence-electron chi connectivity index (χ3n) is 3.77. The van der Waals surface area contributed by atoms with Crippen LogP contribution in [0.25, 0.3) is 0 Å². The van der Waals surface area contributed by atoms with Gasteiger partial charge in [-0.2, -0.15) is 13.2 Å². The van der Waals surface area contributed by atoms with Crippen LogP contribution in [0.1, 0.15) is 33.9 Å². The molecule has 0 spiro atoms. The highest BCUT2D eigenvalue weighted by Crippen LogP contribution is 2.36. The molecule has 0 bridgehead atoms. The number of carbonyl (C=O) groups excluding carboxylic acids is 1. The van der Waals surface area contributed by atoms with E-state index in [1.807, 2.05) is 0 Å². The highest BCUT2D eigenvalue weighted by atomic mass is 32.2. The summed E-state index contributed by atoms with van der Waals surface area (Å²) in [6.07, 6.45) is -3.92. The topological polar surface area (TPSA) is 29.1 Å². The van der Waals surface area contributed by atoms with Crippen molar-refractivity contribution in [1.82, 2.24) is 5.32 Å². The molecule has 0 fully saturated rings. The summed E-state index contributed by atoms with van der Waals surface area (Å²) in [5, 5.41) is 2.71. The first-order valence-corrected chi connectivity index (χ1v) is 8.23. The Morgan fingerprint density at radius 3 is 2.71 bits per heavy atom. The summed E-state index contributed by atoms with van der Waals surface area (Å²) in [6, 6.07) is 8.20. The number of hydrogen-bond acceptors (Lipinski definition) is 2. The van der Waals surface area contributed by atoms with Crippen molar-refractivity contribution in [3.05, 3.63) is 65.0 Å². The van der Waals surface area contributed by atoms with E-state index < -0.39 is 29.5 Å². The second kappa shape index (κ2) is 6.47. The van der Waals surface area contributed by atoms with E-state index in [4.69, 9.17) is 0 Å². The summed E-state index contributed by atoms with van der Waals surface area (Å²) in [5.41, 5.74) is -0.284. The number of carbonyl (C=O) groups is 1. The van der Waals surface area contributed by atoms with Gasteiger partial charge in [0.25, 0.3) is 5.91 Å². The van der Waals surface area contributed by atoms with Gasteiger partial charge in [0.2, 0.25) is 0 Å². The zero-order valence-electron chi connectivity index (χ0n) is 12.4. The van der Waals surface area contributed by atoms with Crippen molar-refractivity contribution in [2.45, 2.75) is 23.5 Å². The van der Waals surface area contributed by atoms with Crippen LogP contribution in [0, 0.1) is 5.82 Å². The number of alkyl halides is 3. The zero-order chi connectivity index (χ0) is 17.3. The normalized spacial score (nSPS) is 17.2. The van der Waals surface area contributed by atoms with Crippen molar-refractivity contribution >= 4 is 17.7 Å². The van der Waals surface area contributed by atoms with E-state index in [-0.39, 0.29) is 5.56 Å². The molecule has 1 N–H and O–H groups in total. The minimum absolute atomic E-state index is 0.0685. The Morgan fingerprint density at radius 1 is 1.17 bits per heavy atom. The summed E-state index contributed by atoms with van der Waals surface area (Å²) < 4.78 is 51.7. The summed E-state index contributed by atoms with van der Waals surface area (Å²) in [6.45, 7) is 0. The number of benzene rings is 2. The summed E-state index contributed by atoms with van der Waals surface area (Å²) in [7, 11) is 0. The summed E-state index contributed by atoms with van der Waals surface area (Å²) in [5.74, 6) is -0.269. The monoisotopic (exact) mass is 355 g/mol.